The molecule has 0 saturated carbocycles. The summed E-state index contributed by atoms with van der Waals surface area (Å²) in [5.74, 6) is -1.66. The number of alkyl halides is 8. The molecule has 2 N–H and O–H groups in total. The monoisotopic (exact) mass is 898 g/mol. The minimum atomic E-state index is -4.82. The van der Waals surface area contributed by atoms with Gasteiger partial charge in [0.1, 0.15) is 34.4 Å². The van der Waals surface area contributed by atoms with Gasteiger partial charge in [0.2, 0.25) is 0 Å². The summed E-state index contributed by atoms with van der Waals surface area (Å²) in [5, 5.41) is 5.71. The Hall–Kier alpha value is -7.85. The largest absolute Gasteiger partial charge is 0.465 e. The zero-order chi connectivity index (χ0) is 45.9. The van der Waals surface area contributed by atoms with Gasteiger partial charge in [0.05, 0.1) is 54.1 Å². The molecule has 23 heteroatoms. The summed E-state index contributed by atoms with van der Waals surface area (Å²) in [5.41, 5.74) is -1.26. The minimum absolute atomic E-state index is 0.00993. The van der Waals surface area contributed by atoms with E-state index in [2.05, 4.69) is 50.0 Å². The van der Waals surface area contributed by atoms with Crippen molar-refractivity contribution in [2.24, 2.45) is 0 Å². The fourth-order valence-corrected chi connectivity index (χ4v) is 6.16. The number of anilines is 4. The van der Waals surface area contributed by atoms with Crippen LogP contribution in [-0.2, 0) is 23.5 Å². The van der Waals surface area contributed by atoms with Gasteiger partial charge in [-0.2, -0.15) is 35.1 Å². The molecule has 5 heterocycles. The maximum absolute atomic E-state index is 13.8. The second-order valence-electron chi connectivity index (χ2n) is 13.2. The number of aromatic nitrogens is 8. The van der Waals surface area contributed by atoms with Crippen molar-refractivity contribution in [3.05, 3.63) is 138 Å². The third-order valence-corrected chi connectivity index (χ3v) is 8.95. The molecule has 8 rings (SSSR count). The molecule has 330 valence electrons. The molecule has 0 amide bonds. The number of nitrogens with zero attached hydrogens (tertiary/aromatic N) is 8. The highest BCUT2D eigenvalue weighted by atomic mass is 19.4. The Bertz CT molecular complexity index is 2960. The van der Waals surface area contributed by atoms with Crippen molar-refractivity contribution in [3.63, 3.8) is 0 Å². The van der Waals surface area contributed by atoms with Crippen LogP contribution in [-0.4, -0.2) is 58.6 Å². The van der Waals surface area contributed by atoms with Crippen molar-refractivity contribution in [1.29, 1.82) is 0 Å². The highest BCUT2D eigenvalue weighted by Gasteiger charge is 2.39. The second kappa shape index (κ2) is 17.9. The van der Waals surface area contributed by atoms with Crippen LogP contribution in [0.4, 0.5) is 66.9 Å². The number of rotatable bonds is 10. The minimum Gasteiger partial charge on any atom is -0.465 e. The molecule has 0 spiro atoms. The van der Waals surface area contributed by atoms with E-state index in [0.29, 0.717) is 35.0 Å². The average Bonchev–Trinajstić information content (AvgIpc) is 3.83. The number of methoxy groups -OCH3 is 1. The molecule has 0 bridgehead atoms. The Morgan fingerprint density at radius 1 is 0.750 bits per heavy atom. The lowest BCUT2D eigenvalue weighted by Crippen LogP contribution is -2.09. The third kappa shape index (κ3) is 9.77. The van der Waals surface area contributed by atoms with Crippen LogP contribution in [0.2, 0.25) is 0 Å². The summed E-state index contributed by atoms with van der Waals surface area (Å²) in [6.45, 7) is -1.14. The zero-order valence-corrected chi connectivity index (χ0v) is 32.7. The van der Waals surface area contributed by atoms with Crippen LogP contribution in [0.3, 0.4) is 0 Å². The van der Waals surface area contributed by atoms with E-state index in [1.54, 1.807) is 4.57 Å². The molecule has 0 aliphatic heterocycles. The summed E-state index contributed by atoms with van der Waals surface area (Å²) < 4.78 is 143. The molecule has 8 aromatic rings. The number of hydrogen-bond acceptors (Lipinski definition) is 11. The number of carbonyl (C=O) groups excluding carboxylic acids is 1. The molecule has 0 aliphatic rings. The first kappa shape index (κ1) is 44.2. The molecule has 0 fully saturated rings. The first-order valence-corrected chi connectivity index (χ1v) is 18.4. The molecule has 64 heavy (non-hydrogen) atoms. The summed E-state index contributed by atoms with van der Waals surface area (Å²) in [7, 11) is 1.15. The van der Waals surface area contributed by atoms with Gasteiger partial charge in [-0.15, -0.1) is 0 Å². The van der Waals surface area contributed by atoms with Gasteiger partial charge in [0.25, 0.3) is 0 Å². The van der Waals surface area contributed by atoms with E-state index < -0.39 is 53.5 Å². The van der Waals surface area contributed by atoms with Crippen molar-refractivity contribution >= 4 is 45.7 Å². The number of halogens is 10. The Balaban J connectivity index is 0.000000193. The Morgan fingerprint density at radius 2 is 1.38 bits per heavy atom. The predicted octanol–water partition coefficient (Wildman–Crippen LogP) is 10.4. The van der Waals surface area contributed by atoms with Crippen LogP contribution in [0.25, 0.3) is 33.9 Å². The van der Waals surface area contributed by atoms with Gasteiger partial charge in [-0.3, -0.25) is 18.9 Å². The van der Waals surface area contributed by atoms with Gasteiger partial charge in [-0.05, 0) is 60.7 Å². The molecule has 5 aromatic heterocycles. The lowest BCUT2D eigenvalue weighted by Gasteiger charge is -2.11. The highest BCUT2D eigenvalue weighted by molar-refractivity contribution is 5.89. The van der Waals surface area contributed by atoms with Crippen LogP contribution >= 0.6 is 0 Å². The maximum atomic E-state index is 13.8. The number of fused-ring (bicyclic) bond motifs is 2. The van der Waals surface area contributed by atoms with E-state index in [0.717, 1.165) is 42.0 Å². The summed E-state index contributed by atoms with van der Waals surface area (Å²) in [6.07, 6.45) is -2.40. The van der Waals surface area contributed by atoms with Crippen LogP contribution in [0.5, 0.6) is 5.75 Å². The van der Waals surface area contributed by atoms with E-state index >= 15 is 0 Å². The van der Waals surface area contributed by atoms with E-state index in [-0.39, 0.29) is 39.8 Å². The maximum Gasteiger partial charge on any atom is 0.435 e. The summed E-state index contributed by atoms with van der Waals surface area (Å²) in [6, 6.07) is 14.5. The SMILES string of the molecule is CCc1nc2cc(F)c(F)cc2n1-c1cncc(Nc2ccc(C(F)(F)F)cc2)n1.COC(=O)c1ccc2nc(C(F)(F)F)c(-c3cncc(Nc4ccc(OC(F)F)cc4)n3)n2c1. The quantitative estimate of drug-likeness (QED) is 0.0999. The molecule has 0 radical (unpaired) electrons. The second-order valence-corrected chi connectivity index (χ2v) is 13.2. The lowest BCUT2D eigenvalue weighted by atomic mass is 10.2. The Labute approximate surface area is 353 Å². The van der Waals surface area contributed by atoms with Gasteiger partial charge in [0, 0.05) is 36.1 Å². The first-order valence-electron chi connectivity index (χ1n) is 18.4. The number of pyridine rings is 1. The van der Waals surface area contributed by atoms with Gasteiger partial charge >= 0.3 is 24.9 Å². The number of imidazole rings is 2. The molecule has 3 aromatic carbocycles. The summed E-state index contributed by atoms with van der Waals surface area (Å²) in [4.78, 5) is 36.5. The molecular formula is C41H28F10N10O3. The molecule has 0 saturated heterocycles. The highest BCUT2D eigenvalue weighted by Crippen LogP contribution is 2.37. The van der Waals surface area contributed by atoms with Crippen molar-refractivity contribution in [2.45, 2.75) is 32.3 Å². The molecule has 13 nitrogen and oxygen atoms in total. The number of ether oxygens (including phenoxy) is 2. The fourth-order valence-electron chi connectivity index (χ4n) is 6.16. The van der Waals surface area contributed by atoms with Crippen LogP contribution in [0.15, 0.2) is 104 Å². The molecular weight excluding hydrogens is 870 g/mol. The van der Waals surface area contributed by atoms with Gasteiger partial charge in [-0.1, -0.05) is 6.92 Å². The number of nitrogens with one attached hydrogen (secondary N) is 2. The van der Waals surface area contributed by atoms with Crippen LogP contribution in [0, 0.1) is 11.6 Å². The van der Waals surface area contributed by atoms with Crippen LogP contribution < -0.4 is 15.4 Å². The van der Waals surface area contributed by atoms with Crippen LogP contribution in [0.1, 0.15) is 34.4 Å². The van der Waals surface area contributed by atoms with Crippen molar-refractivity contribution in [2.75, 3.05) is 17.7 Å². The number of aryl methyl sites for hydroxylation is 1. The predicted molar refractivity (Wildman–Crippen MR) is 210 cm³/mol. The average molecular weight is 899 g/mol. The first-order chi connectivity index (χ1) is 30.4. The normalized spacial score (nSPS) is 11.7. The topological polar surface area (TPSA) is 146 Å². The third-order valence-electron chi connectivity index (χ3n) is 8.95. The number of carbonyl (C=O) groups is 1. The van der Waals surface area contributed by atoms with Gasteiger partial charge in [0.15, 0.2) is 29.0 Å². The number of esters is 1. The van der Waals surface area contributed by atoms with Gasteiger partial charge < -0.3 is 20.1 Å². The van der Waals surface area contributed by atoms with Gasteiger partial charge in [-0.25, -0.2) is 33.5 Å². The Kier molecular flexibility index (Phi) is 12.3. The molecule has 0 atom stereocenters. The van der Waals surface area contributed by atoms with E-state index in [1.807, 2.05) is 6.92 Å². The van der Waals surface area contributed by atoms with Crippen molar-refractivity contribution in [3.8, 4) is 23.0 Å². The van der Waals surface area contributed by atoms with Crippen molar-refractivity contribution < 1.29 is 58.2 Å². The molecule has 0 aliphatic carbocycles. The standard InChI is InChI=1S/C21H14F5N5O3.C20H14F5N5/c1-33-19(32)11-2-7-16-30-18(21(24,25)26)17(31(16)10-11)14-8-27-9-15(29-14)28-12-3-5-13(6-4-12)34-20(22)23;1-2-18-28-15-7-13(21)14(22)8-16(15)30(18)19-10-26-9-17(29-19)27-12-5-3-11(4-6-12)20(23,24)25/h2-10,20H,1H3,(H,28,29);3-10H,2H2,1H3,(H,27,29). The lowest BCUT2D eigenvalue weighted by molar-refractivity contribution is -0.140. The van der Waals surface area contributed by atoms with E-state index in [9.17, 15) is 48.7 Å². The van der Waals surface area contributed by atoms with E-state index in [1.165, 1.54) is 73.3 Å². The summed E-state index contributed by atoms with van der Waals surface area (Å²) >= 11 is 0. The number of hydrogen-bond donors (Lipinski definition) is 2. The Morgan fingerprint density at radius 3 is 1.98 bits per heavy atom. The zero-order valence-electron chi connectivity index (χ0n) is 32.7. The fraction of sp³-hybridized carbons (Fsp3) is 0.146. The van der Waals surface area contributed by atoms with Crippen molar-refractivity contribution in [1.82, 2.24) is 38.9 Å². The molecule has 0 unspecified atom stereocenters. The van der Waals surface area contributed by atoms with E-state index in [4.69, 9.17) is 0 Å². The number of benzene rings is 3. The smallest absolute Gasteiger partial charge is 0.435 e.